The second kappa shape index (κ2) is 9.02. The van der Waals surface area contributed by atoms with E-state index >= 15 is 0 Å². The molecule has 2 amide bonds. The highest BCUT2D eigenvalue weighted by molar-refractivity contribution is 14.1. The number of aryl methyl sites for hydroxylation is 1. The summed E-state index contributed by atoms with van der Waals surface area (Å²) in [4.78, 5) is 29.5. The summed E-state index contributed by atoms with van der Waals surface area (Å²) in [6.45, 7) is 0.683. The van der Waals surface area contributed by atoms with Crippen molar-refractivity contribution in [2.45, 2.75) is 38.2 Å². The number of fused-ring (bicyclic) bond motifs is 1. The topological polar surface area (TPSA) is 68.1 Å². The molecule has 4 rings (SSSR count). The van der Waals surface area contributed by atoms with Crippen molar-refractivity contribution < 1.29 is 44.7 Å². The maximum absolute atomic E-state index is 14.1. The van der Waals surface area contributed by atoms with Gasteiger partial charge in [-0.1, -0.05) is 18.2 Å². The highest BCUT2D eigenvalue weighted by Gasteiger charge is 2.62. The fourth-order valence-corrected chi connectivity index (χ4v) is 4.54. The quantitative estimate of drug-likeness (QED) is 0.200. The average molecular weight is 644 g/mol. The minimum Gasteiger partial charge on any atom is -0.268 e. The molecule has 0 atom stereocenters. The predicted molar refractivity (Wildman–Crippen MR) is 120 cm³/mol. The van der Waals surface area contributed by atoms with Crippen LogP contribution in [0.5, 0.6) is 0 Å². The van der Waals surface area contributed by atoms with E-state index in [0.29, 0.717) is 3.57 Å². The van der Waals surface area contributed by atoms with Gasteiger partial charge in [0.15, 0.2) is 5.82 Å². The van der Waals surface area contributed by atoms with Crippen molar-refractivity contribution in [3.05, 3.63) is 73.9 Å². The van der Waals surface area contributed by atoms with E-state index in [-0.39, 0.29) is 32.6 Å². The first kappa shape index (κ1) is 26.9. The van der Waals surface area contributed by atoms with Crippen LogP contribution >= 0.6 is 22.6 Å². The van der Waals surface area contributed by atoms with E-state index in [1.54, 1.807) is 12.1 Å². The molecule has 0 saturated heterocycles. The first-order valence-electron chi connectivity index (χ1n) is 10.2. The molecule has 0 radical (unpaired) electrons. The van der Waals surface area contributed by atoms with Crippen LogP contribution in [0, 0.1) is 10.5 Å². The number of hydrogen-bond acceptors (Lipinski definition) is 4. The number of nitrogens with zero attached hydrogens (tertiary/aromatic N) is 4. The zero-order valence-corrected chi connectivity index (χ0v) is 20.5. The first-order valence-corrected chi connectivity index (χ1v) is 11.3. The molecule has 0 bridgehead atoms. The van der Waals surface area contributed by atoms with Crippen LogP contribution in [0.15, 0.2) is 36.4 Å². The Bertz CT molecular complexity index is 1410. The van der Waals surface area contributed by atoms with Crippen LogP contribution in [0.1, 0.15) is 43.5 Å². The molecule has 2 aromatic carbocycles. The van der Waals surface area contributed by atoms with Crippen molar-refractivity contribution in [2.75, 3.05) is 4.90 Å². The van der Waals surface area contributed by atoms with Gasteiger partial charge in [0.2, 0.25) is 5.82 Å². The Kier molecular flexibility index (Phi) is 6.57. The minimum absolute atomic E-state index is 0.0629. The van der Waals surface area contributed by atoms with Crippen LogP contribution in [0.2, 0.25) is 0 Å². The number of anilines is 1. The Hall–Kier alpha value is -3.11. The average Bonchev–Trinajstić information content (AvgIpc) is 3.26. The molecule has 0 fully saturated rings. The summed E-state index contributed by atoms with van der Waals surface area (Å²) in [5.74, 6) is -10.0. The number of benzene rings is 2. The molecule has 3 aromatic rings. The van der Waals surface area contributed by atoms with Gasteiger partial charge in [-0.05, 0) is 58.8 Å². The molecule has 0 spiro atoms. The summed E-state index contributed by atoms with van der Waals surface area (Å²) < 4.78 is 106. The number of halogens is 9. The lowest BCUT2D eigenvalue weighted by Gasteiger charge is -2.20. The zero-order chi connectivity index (χ0) is 27.5. The molecule has 1 aromatic heterocycles. The van der Waals surface area contributed by atoms with E-state index < -0.39 is 54.7 Å². The number of alkyl halides is 8. The Morgan fingerprint density at radius 2 is 1.62 bits per heavy atom. The van der Waals surface area contributed by atoms with Gasteiger partial charge in [0.05, 0.1) is 23.4 Å². The van der Waals surface area contributed by atoms with Crippen molar-refractivity contribution in [3.63, 3.8) is 0 Å². The summed E-state index contributed by atoms with van der Waals surface area (Å²) in [6, 6.07) is 8.54. The lowest BCUT2D eigenvalue weighted by molar-refractivity contribution is -0.293. The molecule has 1 aliphatic heterocycles. The van der Waals surface area contributed by atoms with Crippen LogP contribution in [0.25, 0.3) is 0 Å². The number of hydrogen-bond donors (Lipinski definition) is 0. The second-order valence-corrected chi connectivity index (χ2v) is 9.26. The zero-order valence-electron chi connectivity index (χ0n) is 18.4. The molecule has 6 nitrogen and oxygen atoms in total. The van der Waals surface area contributed by atoms with Crippen LogP contribution < -0.4 is 4.90 Å². The predicted octanol–water partition coefficient (Wildman–Crippen LogP) is 5.80. The normalized spacial score (nSPS) is 14.5. The Morgan fingerprint density at radius 3 is 2.19 bits per heavy atom. The number of carbonyl (C=O) groups excluding carboxylic acids is 2. The van der Waals surface area contributed by atoms with E-state index in [1.165, 1.54) is 31.2 Å². The van der Waals surface area contributed by atoms with Gasteiger partial charge >= 0.3 is 18.3 Å². The molecule has 15 heteroatoms. The van der Waals surface area contributed by atoms with E-state index in [1.807, 2.05) is 22.6 Å². The lowest BCUT2D eigenvalue weighted by Crippen LogP contribution is -2.36. The second-order valence-electron chi connectivity index (χ2n) is 8.10. The molecular weight excluding hydrogens is 631 g/mol. The number of amides is 2. The first-order chi connectivity index (χ1) is 17.0. The monoisotopic (exact) mass is 644 g/mol. The SMILES string of the molecule is Cc1cc(Cn2nc(CC(F)(F)F)nc2C(F)(F)C(F)(F)F)ccc1N1C(=O)c2cccc(I)c2C1=O. The Balaban J connectivity index is 1.69. The minimum atomic E-state index is -6.13. The van der Waals surface area contributed by atoms with Crippen LogP contribution in [0.4, 0.5) is 40.8 Å². The molecule has 37 heavy (non-hydrogen) atoms. The van der Waals surface area contributed by atoms with Gasteiger partial charge in [-0.2, -0.15) is 40.2 Å². The van der Waals surface area contributed by atoms with Gasteiger partial charge in [0, 0.05) is 3.57 Å². The molecule has 1 aliphatic rings. The molecule has 196 valence electrons. The summed E-state index contributed by atoms with van der Waals surface area (Å²) in [5.41, 5.74) is 0.870. The summed E-state index contributed by atoms with van der Waals surface area (Å²) in [5, 5.41) is 3.25. The van der Waals surface area contributed by atoms with Crippen LogP contribution in [-0.2, 0) is 18.9 Å². The standard InChI is InChI=1S/C22H13F8IN4O2/c1-10-7-11(5-6-14(10)35-17(36)12-3-2-4-13(31)16(12)18(35)37)9-34-19(21(26,27)22(28,29)30)32-15(33-34)8-20(23,24)25/h2-7H,8-9H2,1H3. The largest absolute Gasteiger partial charge is 0.461 e. The maximum atomic E-state index is 14.1. The van der Waals surface area contributed by atoms with Crippen molar-refractivity contribution >= 4 is 40.1 Å². The highest BCUT2D eigenvalue weighted by atomic mass is 127. The van der Waals surface area contributed by atoms with Crippen molar-refractivity contribution in [2.24, 2.45) is 0 Å². The lowest BCUT2D eigenvalue weighted by atomic mass is 10.1. The summed E-state index contributed by atoms with van der Waals surface area (Å²) >= 11 is 1.90. The molecule has 0 aliphatic carbocycles. The van der Waals surface area contributed by atoms with Crippen LogP contribution in [-0.4, -0.2) is 38.9 Å². The third kappa shape index (κ3) is 4.92. The number of aromatic nitrogens is 3. The molecule has 0 N–H and O–H groups in total. The summed E-state index contributed by atoms with van der Waals surface area (Å²) in [7, 11) is 0. The molecule has 0 saturated carbocycles. The Labute approximate surface area is 216 Å². The number of rotatable bonds is 5. The van der Waals surface area contributed by atoms with Gasteiger partial charge in [0.25, 0.3) is 11.8 Å². The molecular formula is C22H13F8IN4O2. The third-order valence-corrected chi connectivity index (χ3v) is 6.31. The van der Waals surface area contributed by atoms with Crippen LogP contribution in [0.3, 0.4) is 0 Å². The fourth-order valence-electron chi connectivity index (χ4n) is 3.82. The third-order valence-electron chi connectivity index (χ3n) is 5.41. The van der Waals surface area contributed by atoms with Crippen molar-refractivity contribution in [1.29, 1.82) is 0 Å². The number of carbonyl (C=O) groups is 2. The van der Waals surface area contributed by atoms with Crippen molar-refractivity contribution in [1.82, 2.24) is 14.8 Å². The van der Waals surface area contributed by atoms with Gasteiger partial charge in [-0.25, -0.2) is 14.6 Å². The van der Waals surface area contributed by atoms with E-state index in [0.717, 1.165) is 4.90 Å². The molecule has 2 heterocycles. The number of imide groups is 1. The molecule has 0 unspecified atom stereocenters. The van der Waals surface area contributed by atoms with E-state index in [4.69, 9.17) is 0 Å². The van der Waals surface area contributed by atoms with Crippen molar-refractivity contribution in [3.8, 4) is 0 Å². The van der Waals surface area contributed by atoms with E-state index in [2.05, 4.69) is 10.1 Å². The van der Waals surface area contributed by atoms with Gasteiger partial charge in [-0.3, -0.25) is 9.59 Å². The maximum Gasteiger partial charge on any atom is 0.461 e. The summed E-state index contributed by atoms with van der Waals surface area (Å²) in [6.07, 6.45) is -13.0. The van der Waals surface area contributed by atoms with Gasteiger partial charge in [0.1, 0.15) is 6.42 Å². The Morgan fingerprint density at radius 1 is 0.946 bits per heavy atom. The highest BCUT2D eigenvalue weighted by Crippen LogP contribution is 2.43. The van der Waals surface area contributed by atoms with Gasteiger partial charge in [-0.15, -0.1) is 0 Å². The van der Waals surface area contributed by atoms with Gasteiger partial charge < -0.3 is 0 Å². The fraction of sp³-hybridized carbons (Fsp3) is 0.273. The van der Waals surface area contributed by atoms with E-state index in [9.17, 15) is 44.7 Å². The smallest absolute Gasteiger partial charge is 0.268 e.